The maximum atomic E-state index is 13.9. The number of guanidine groups is 2. The highest BCUT2D eigenvalue weighted by atomic mass is 16.4. The average molecular weight is 680 g/mol. The molecule has 0 saturated heterocycles. The number of aromatic nitrogens is 1. The third-order valence-electron chi connectivity index (χ3n) is 7.61. The summed E-state index contributed by atoms with van der Waals surface area (Å²) in [5.41, 5.74) is 29.6. The van der Waals surface area contributed by atoms with Crippen LogP contribution in [-0.4, -0.2) is 88.1 Å². The van der Waals surface area contributed by atoms with Crippen molar-refractivity contribution in [1.82, 2.24) is 20.9 Å². The van der Waals surface area contributed by atoms with E-state index in [1.54, 1.807) is 18.3 Å². The fourth-order valence-corrected chi connectivity index (χ4v) is 5.04. The van der Waals surface area contributed by atoms with E-state index in [0.29, 0.717) is 17.5 Å². The number of hydrogen-bond donors (Lipinski definition) is 11. The number of amides is 3. The molecule has 2 aromatic carbocycles. The Labute approximate surface area is 282 Å². The van der Waals surface area contributed by atoms with Gasteiger partial charge in [-0.1, -0.05) is 30.3 Å². The minimum atomic E-state index is -1.30. The molecule has 4 unspecified atom stereocenters. The van der Waals surface area contributed by atoms with Crippen molar-refractivity contribution in [3.8, 4) is 5.75 Å². The largest absolute Gasteiger partial charge is 0.508 e. The number of carboxylic acid groups (broad SMARTS) is 1. The molecule has 17 heteroatoms. The number of phenolic OH excluding ortho intramolecular Hbond substituents is 1. The molecule has 16 N–H and O–H groups in total. The summed E-state index contributed by atoms with van der Waals surface area (Å²) >= 11 is 0. The van der Waals surface area contributed by atoms with E-state index < -0.39 is 47.9 Å². The number of aromatic hydroxyl groups is 1. The maximum Gasteiger partial charge on any atom is 0.326 e. The number of carbonyl (C=O) groups is 4. The lowest BCUT2D eigenvalue weighted by molar-refractivity contribution is -0.142. The Bertz CT molecular complexity index is 1630. The van der Waals surface area contributed by atoms with E-state index in [4.69, 9.17) is 28.7 Å². The molecule has 17 nitrogen and oxygen atoms in total. The Morgan fingerprint density at radius 2 is 1.29 bits per heavy atom. The number of aromatic amines is 1. The van der Waals surface area contributed by atoms with Gasteiger partial charge in [-0.25, -0.2) is 4.79 Å². The molecule has 3 amide bonds. The predicted molar refractivity (Wildman–Crippen MR) is 185 cm³/mol. The molecule has 0 radical (unpaired) electrons. The zero-order valence-corrected chi connectivity index (χ0v) is 27.0. The minimum absolute atomic E-state index is 0.00783. The van der Waals surface area contributed by atoms with Gasteiger partial charge < -0.3 is 59.8 Å². The number of phenols is 1. The summed E-state index contributed by atoms with van der Waals surface area (Å²) in [6, 6.07) is 8.69. The molecule has 3 rings (SSSR count). The van der Waals surface area contributed by atoms with Gasteiger partial charge in [-0.15, -0.1) is 0 Å². The Morgan fingerprint density at radius 3 is 1.90 bits per heavy atom. The SMILES string of the molecule is NC(N)=NCCCC(N)C(=O)NC(Cc1ccc(O)cc1)C(=O)NC(Cc1c[nH]c2ccccc12)C(=O)NC(CCCN=C(N)N)C(=O)O. The van der Waals surface area contributed by atoms with Crippen LogP contribution in [-0.2, 0) is 32.0 Å². The third-order valence-corrected chi connectivity index (χ3v) is 7.61. The van der Waals surface area contributed by atoms with Gasteiger partial charge in [0.1, 0.15) is 23.9 Å². The first kappa shape index (κ1) is 37.6. The second kappa shape index (κ2) is 18.5. The zero-order valence-electron chi connectivity index (χ0n) is 27.0. The van der Waals surface area contributed by atoms with Crippen LogP contribution in [0.5, 0.6) is 5.75 Å². The number of rotatable bonds is 19. The lowest BCUT2D eigenvalue weighted by Crippen LogP contribution is -2.58. The number of H-pyrrole nitrogens is 1. The summed E-state index contributed by atoms with van der Waals surface area (Å²) in [7, 11) is 0. The van der Waals surface area contributed by atoms with Crippen molar-refractivity contribution in [1.29, 1.82) is 0 Å². The number of hydrogen-bond acceptors (Lipinski definition) is 8. The second-order valence-electron chi connectivity index (χ2n) is 11.5. The van der Waals surface area contributed by atoms with Crippen LogP contribution in [0.15, 0.2) is 64.7 Å². The van der Waals surface area contributed by atoms with Gasteiger partial charge in [0.15, 0.2) is 11.9 Å². The zero-order chi connectivity index (χ0) is 35.9. The molecule has 1 heterocycles. The highest BCUT2D eigenvalue weighted by Gasteiger charge is 2.31. The van der Waals surface area contributed by atoms with Crippen LogP contribution >= 0.6 is 0 Å². The molecule has 49 heavy (non-hydrogen) atoms. The number of carboxylic acids is 1. The van der Waals surface area contributed by atoms with E-state index in [-0.39, 0.29) is 62.9 Å². The molecule has 0 spiro atoms. The molecule has 0 aliphatic heterocycles. The first-order valence-electron chi connectivity index (χ1n) is 15.7. The predicted octanol–water partition coefficient (Wildman–Crippen LogP) is -1.37. The van der Waals surface area contributed by atoms with E-state index in [0.717, 1.165) is 10.9 Å². The Hall–Kier alpha value is -5.84. The highest BCUT2D eigenvalue weighted by molar-refractivity contribution is 5.95. The normalized spacial score (nSPS) is 13.3. The van der Waals surface area contributed by atoms with Gasteiger partial charge in [0.05, 0.1) is 6.04 Å². The smallest absolute Gasteiger partial charge is 0.326 e. The summed E-state index contributed by atoms with van der Waals surface area (Å²) in [6.07, 6.45) is 2.60. The molecular formula is C32H45N11O6. The van der Waals surface area contributed by atoms with E-state index in [1.165, 1.54) is 12.1 Å². The van der Waals surface area contributed by atoms with Crippen LogP contribution in [0.4, 0.5) is 0 Å². The molecule has 0 aliphatic rings. The number of para-hydroxylation sites is 1. The van der Waals surface area contributed by atoms with Crippen molar-refractivity contribution in [2.24, 2.45) is 38.7 Å². The van der Waals surface area contributed by atoms with Crippen LogP contribution in [0, 0.1) is 0 Å². The quantitative estimate of drug-likeness (QED) is 0.0399. The first-order valence-corrected chi connectivity index (χ1v) is 15.7. The Morgan fingerprint density at radius 1 is 0.735 bits per heavy atom. The third kappa shape index (κ3) is 12.4. The summed E-state index contributed by atoms with van der Waals surface area (Å²) in [5.74, 6) is -3.57. The molecule has 0 aliphatic carbocycles. The van der Waals surface area contributed by atoms with Crippen molar-refractivity contribution in [3.05, 3.63) is 65.9 Å². The van der Waals surface area contributed by atoms with Crippen molar-refractivity contribution >= 4 is 46.5 Å². The summed E-state index contributed by atoms with van der Waals surface area (Å²) in [5, 5.41) is 28.3. The van der Waals surface area contributed by atoms with Crippen LogP contribution in [0.25, 0.3) is 10.9 Å². The van der Waals surface area contributed by atoms with Crippen molar-refractivity contribution in [2.75, 3.05) is 13.1 Å². The van der Waals surface area contributed by atoms with Gasteiger partial charge in [-0.3, -0.25) is 24.4 Å². The fourth-order valence-electron chi connectivity index (χ4n) is 5.04. The first-order chi connectivity index (χ1) is 23.3. The highest BCUT2D eigenvalue weighted by Crippen LogP contribution is 2.20. The van der Waals surface area contributed by atoms with Gasteiger partial charge in [0.2, 0.25) is 17.7 Å². The average Bonchev–Trinajstić information content (AvgIpc) is 3.46. The fraction of sp³-hybridized carbons (Fsp3) is 0.375. The molecule has 0 bridgehead atoms. The molecule has 0 saturated carbocycles. The monoisotopic (exact) mass is 679 g/mol. The summed E-state index contributed by atoms with van der Waals surface area (Å²) < 4.78 is 0. The molecule has 1 aromatic heterocycles. The van der Waals surface area contributed by atoms with E-state index in [2.05, 4.69) is 30.9 Å². The van der Waals surface area contributed by atoms with Crippen LogP contribution in [0.3, 0.4) is 0 Å². The minimum Gasteiger partial charge on any atom is -0.508 e. The number of fused-ring (bicyclic) bond motifs is 1. The number of nitrogens with two attached hydrogens (primary N) is 5. The van der Waals surface area contributed by atoms with Crippen molar-refractivity contribution in [2.45, 2.75) is 62.7 Å². The van der Waals surface area contributed by atoms with E-state index in [9.17, 15) is 29.4 Å². The maximum absolute atomic E-state index is 13.9. The van der Waals surface area contributed by atoms with Crippen LogP contribution in [0.2, 0.25) is 0 Å². The molecule has 264 valence electrons. The summed E-state index contributed by atoms with van der Waals surface area (Å²) in [4.78, 5) is 63.6. The van der Waals surface area contributed by atoms with E-state index in [1.807, 2.05) is 24.3 Å². The van der Waals surface area contributed by atoms with Crippen LogP contribution < -0.4 is 44.6 Å². The Balaban J connectivity index is 1.86. The standard InChI is InChI=1S/C32H45N11O6/c33-22(6-3-13-38-31(34)35)27(45)42-25(15-18-9-11-20(44)12-10-18)28(46)43-26(16-19-17-40-23-7-2-1-5-21(19)23)29(47)41-24(30(48)49)8-4-14-39-32(36)37/h1-2,5,7,9-12,17,22,24-26,40,44H,3-4,6,8,13-16,33H2,(H,41,47)(H,42,45)(H,43,46)(H,48,49)(H4,34,35,38)(H4,36,37,39). The van der Waals surface area contributed by atoms with Gasteiger partial charge >= 0.3 is 5.97 Å². The summed E-state index contributed by atoms with van der Waals surface area (Å²) in [6.45, 7) is 0.420. The van der Waals surface area contributed by atoms with Gasteiger partial charge in [-0.2, -0.15) is 0 Å². The van der Waals surface area contributed by atoms with Crippen LogP contribution in [0.1, 0.15) is 36.8 Å². The number of carbonyl (C=O) groups excluding carboxylic acids is 3. The second-order valence-corrected chi connectivity index (χ2v) is 11.5. The van der Waals surface area contributed by atoms with Gasteiger partial charge in [0.25, 0.3) is 0 Å². The van der Waals surface area contributed by atoms with Crippen molar-refractivity contribution < 1.29 is 29.4 Å². The molecule has 4 atom stereocenters. The van der Waals surface area contributed by atoms with Gasteiger partial charge in [-0.05, 0) is 55.0 Å². The lowest BCUT2D eigenvalue weighted by atomic mass is 10.0. The lowest BCUT2D eigenvalue weighted by Gasteiger charge is -2.25. The number of nitrogens with zero attached hydrogens (tertiary/aromatic N) is 2. The number of aliphatic imine (C=N–C) groups is 2. The topological polar surface area (TPSA) is 315 Å². The Kier molecular flexibility index (Phi) is 14.2. The number of aliphatic carboxylic acids is 1. The van der Waals surface area contributed by atoms with E-state index >= 15 is 0 Å². The number of benzene rings is 2. The molecular weight excluding hydrogens is 634 g/mol. The number of nitrogens with one attached hydrogen (secondary N) is 4. The molecule has 3 aromatic rings. The van der Waals surface area contributed by atoms with Gasteiger partial charge in [0, 0.05) is 43.0 Å². The van der Waals surface area contributed by atoms with Crippen molar-refractivity contribution in [3.63, 3.8) is 0 Å². The molecule has 0 fully saturated rings.